The van der Waals surface area contributed by atoms with Crippen molar-refractivity contribution in [2.24, 2.45) is 4.99 Å². The van der Waals surface area contributed by atoms with Gasteiger partial charge in [-0.25, -0.2) is 15.0 Å². The first-order valence-corrected chi connectivity index (χ1v) is 8.64. The van der Waals surface area contributed by atoms with E-state index in [1.54, 1.807) is 17.5 Å². The van der Waals surface area contributed by atoms with Gasteiger partial charge in [0.15, 0.2) is 5.96 Å². The van der Waals surface area contributed by atoms with Crippen molar-refractivity contribution >= 4 is 41.3 Å². The molecule has 134 valence electrons. The monoisotopic (exact) mass is 463 g/mol. The molecule has 0 aliphatic carbocycles. The highest BCUT2D eigenvalue weighted by Crippen LogP contribution is 2.22. The van der Waals surface area contributed by atoms with Gasteiger partial charge < -0.3 is 15.1 Å². The van der Waals surface area contributed by atoms with E-state index in [4.69, 9.17) is 4.42 Å². The van der Waals surface area contributed by atoms with Crippen LogP contribution in [0.25, 0.3) is 0 Å². The van der Waals surface area contributed by atoms with Crippen molar-refractivity contribution in [2.45, 2.75) is 53.1 Å². The second-order valence-corrected chi connectivity index (χ2v) is 7.22. The maximum atomic E-state index is 5.76. The Kier molecular flexibility index (Phi) is 8.14. The standard InChI is InChI=1S/C16H25N5OS.HI/c1-6-17-15(19-7-12-11(2)21-10-23-12)20-9-14-18-8-13(22-14)16(3,4)5;/h8,10H,6-7,9H2,1-5H3,(H2,17,19,20);1H. The van der Waals surface area contributed by atoms with E-state index in [2.05, 4.69) is 46.4 Å². The zero-order valence-electron chi connectivity index (χ0n) is 14.8. The molecule has 24 heavy (non-hydrogen) atoms. The fourth-order valence-electron chi connectivity index (χ4n) is 1.88. The Balaban J connectivity index is 0.00000288. The summed E-state index contributed by atoms with van der Waals surface area (Å²) in [7, 11) is 0. The summed E-state index contributed by atoms with van der Waals surface area (Å²) in [4.78, 5) is 14.3. The van der Waals surface area contributed by atoms with Crippen LogP contribution in [-0.4, -0.2) is 22.5 Å². The van der Waals surface area contributed by atoms with Crippen LogP contribution < -0.4 is 10.6 Å². The first kappa shape index (κ1) is 20.9. The lowest BCUT2D eigenvalue weighted by atomic mass is 9.94. The topological polar surface area (TPSA) is 75.3 Å². The minimum Gasteiger partial charge on any atom is -0.443 e. The summed E-state index contributed by atoms with van der Waals surface area (Å²) in [6.07, 6.45) is 1.78. The second kappa shape index (κ2) is 9.36. The zero-order valence-corrected chi connectivity index (χ0v) is 18.0. The molecular weight excluding hydrogens is 437 g/mol. The Morgan fingerprint density at radius 3 is 2.58 bits per heavy atom. The average molecular weight is 463 g/mol. The summed E-state index contributed by atoms with van der Waals surface area (Å²) >= 11 is 1.64. The molecule has 0 aliphatic heterocycles. The fourth-order valence-corrected chi connectivity index (χ4v) is 2.60. The van der Waals surface area contributed by atoms with Crippen molar-refractivity contribution < 1.29 is 4.42 Å². The summed E-state index contributed by atoms with van der Waals surface area (Å²) in [5.74, 6) is 2.25. The normalized spacial score (nSPS) is 12.0. The van der Waals surface area contributed by atoms with Crippen molar-refractivity contribution in [3.63, 3.8) is 0 Å². The summed E-state index contributed by atoms with van der Waals surface area (Å²) in [5, 5.41) is 6.54. The van der Waals surface area contributed by atoms with Crippen LogP contribution in [0.1, 0.15) is 49.9 Å². The van der Waals surface area contributed by atoms with E-state index in [1.807, 2.05) is 19.4 Å². The van der Waals surface area contributed by atoms with Crippen LogP contribution in [0.15, 0.2) is 21.1 Å². The van der Waals surface area contributed by atoms with Crippen molar-refractivity contribution in [1.82, 2.24) is 20.6 Å². The average Bonchev–Trinajstić information content (AvgIpc) is 3.10. The Hall–Kier alpha value is -1.16. The molecule has 2 N–H and O–H groups in total. The van der Waals surface area contributed by atoms with Gasteiger partial charge in [-0.05, 0) is 13.8 Å². The molecular formula is C16H26IN5OS. The van der Waals surface area contributed by atoms with Crippen LogP contribution in [0, 0.1) is 6.92 Å². The molecule has 8 heteroatoms. The molecule has 2 aromatic heterocycles. The van der Waals surface area contributed by atoms with E-state index in [-0.39, 0.29) is 29.4 Å². The van der Waals surface area contributed by atoms with Crippen molar-refractivity contribution in [3.8, 4) is 0 Å². The van der Waals surface area contributed by atoms with E-state index in [0.29, 0.717) is 19.0 Å². The van der Waals surface area contributed by atoms with Gasteiger partial charge in [-0.1, -0.05) is 20.8 Å². The Labute approximate surface area is 164 Å². The molecule has 0 saturated heterocycles. The third-order valence-electron chi connectivity index (χ3n) is 3.27. The van der Waals surface area contributed by atoms with E-state index in [9.17, 15) is 0 Å². The van der Waals surface area contributed by atoms with Crippen molar-refractivity contribution in [1.29, 1.82) is 0 Å². The summed E-state index contributed by atoms with van der Waals surface area (Å²) in [6.45, 7) is 12.3. The third kappa shape index (κ3) is 6.04. The van der Waals surface area contributed by atoms with E-state index >= 15 is 0 Å². The number of thiazole rings is 1. The molecule has 0 unspecified atom stereocenters. The first-order valence-electron chi connectivity index (χ1n) is 7.76. The molecule has 0 atom stereocenters. The van der Waals surface area contributed by atoms with Gasteiger partial charge in [-0.3, -0.25) is 0 Å². The Morgan fingerprint density at radius 1 is 1.29 bits per heavy atom. The van der Waals surface area contributed by atoms with Crippen LogP contribution in [0.3, 0.4) is 0 Å². The van der Waals surface area contributed by atoms with Gasteiger partial charge in [-0.15, -0.1) is 35.3 Å². The number of halogens is 1. The molecule has 0 amide bonds. The maximum absolute atomic E-state index is 5.76. The van der Waals surface area contributed by atoms with Gasteiger partial charge in [0.2, 0.25) is 5.89 Å². The lowest BCUT2D eigenvalue weighted by Gasteiger charge is -2.13. The summed E-state index contributed by atoms with van der Waals surface area (Å²) < 4.78 is 5.76. The number of guanidine groups is 1. The molecule has 0 saturated carbocycles. The second-order valence-electron chi connectivity index (χ2n) is 6.28. The van der Waals surface area contributed by atoms with E-state index in [0.717, 1.165) is 24.0 Å². The number of aliphatic imine (C=N–C) groups is 1. The quantitative estimate of drug-likeness (QED) is 0.403. The van der Waals surface area contributed by atoms with Gasteiger partial charge in [0.05, 0.1) is 23.9 Å². The number of nitrogens with zero attached hydrogens (tertiary/aromatic N) is 3. The van der Waals surface area contributed by atoms with Crippen molar-refractivity contribution in [3.05, 3.63) is 33.9 Å². The maximum Gasteiger partial charge on any atom is 0.216 e. The lowest BCUT2D eigenvalue weighted by Crippen LogP contribution is -2.36. The predicted octanol–water partition coefficient (Wildman–Crippen LogP) is 3.61. The summed E-state index contributed by atoms with van der Waals surface area (Å²) in [6, 6.07) is 0. The molecule has 0 radical (unpaired) electrons. The van der Waals surface area contributed by atoms with Gasteiger partial charge in [0, 0.05) is 16.8 Å². The van der Waals surface area contributed by atoms with Gasteiger partial charge >= 0.3 is 0 Å². The van der Waals surface area contributed by atoms with Crippen LogP contribution in [0.4, 0.5) is 0 Å². The molecule has 2 aromatic rings. The van der Waals surface area contributed by atoms with E-state index < -0.39 is 0 Å². The van der Waals surface area contributed by atoms with Crippen LogP contribution in [-0.2, 0) is 18.5 Å². The predicted molar refractivity (Wildman–Crippen MR) is 109 cm³/mol. The molecule has 2 heterocycles. The SMILES string of the molecule is CCNC(=NCc1ncc(C(C)(C)C)o1)NCc1scnc1C.I. The van der Waals surface area contributed by atoms with Gasteiger partial charge in [0.1, 0.15) is 12.3 Å². The molecule has 0 spiro atoms. The highest BCUT2D eigenvalue weighted by Gasteiger charge is 2.19. The highest BCUT2D eigenvalue weighted by molar-refractivity contribution is 14.0. The lowest BCUT2D eigenvalue weighted by molar-refractivity contribution is 0.383. The molecule has 0 aliphatic rings. The van der Waals surface area contributed by atoms with Gasteiger partial charge in [0.25, 0.3) is 0 Å². The number of aryl methyl sites for hydroxylation is 1. The molecule has 6 nitrogen and oxygen atoms in total. The largest absolute Gasteiger partial charge is 0.443 e. The third-order valence-corrected chi connectivity index (χ3v) is 4.21. The minimum atomic E-state index is -0.0403. The number of rotatable bonds is 5. The number of hydrogen-bond donors (Lipinski definition) is 2. The zero-order chi connectivity index (χ0) is 16.9. The van der Waals surface area contributed by atoms with Crippen molar-refractivity contribution in [2.75, 3.05) is 6.54 Å². The number of oxazole rings is 1. The number of aromatic nitrogens is 2. The number of nitrogens with one attached hydrogen (secondary N) is 2. The Morgan fingerprint density at radius 2 is 2.04 bits per heavy atom. The fraction of sp³-hybridized carbons (Fsp3) is 0.562. The molecule has 2 rings (SSSR count). The molecule has 0 aromatic carbocycles. The Bertz CT molecular complexity index is 659. The molecule has 0 fully saturated rings. The smallest absolute Gasteiger partial charge is 0.216 e. The summed E-state index contributed by atoms with van der Waals surface area (Å²) in [5.41, 5.74) is 2.87. The minimum absolute atomic E-state index is 0. The van der Waals surface area contributed by atoms with E-state index in [1.165, 1.54) is 4.88 Å². The van der Waals surface area contributed by atoms with Crippen LogP contribution in [0.2, 0.25) is 0 Å². The highest BCUT2D eigenvalue weighted by atomic mass is 127. The number of hydrogen-bond acceptors (Lipinski definition) is 5. The van der Waals surface area contributed by atoms with Gasteiger partial charge in [-0.2, -0.15) is 0 Å². The van der Waals surface area contributed by atoms with Crippen LogP contribution in [0.5, 0.6) is 0 Å². The molecule has 0 bridgehead atoms. The van der Waals surface area contributed by atoms with Crippen LogP contribution >= 0.6 is 35.3 Å². The first-order chi connectivity index (χ1) is 10.9.